The molecule has 142 valence electrons. The molecule has 1 unspecified atom stereocenters. The number of halogens is 2. The molecule has 0 bridgehead atoms. The van der Waals surface area contributed by atoms with Crippen LogP contribution in [0.4, 0.5) is 14.5 Å². The van der Waals surface area contributed by atoms with Crippen LogP contribution in [0.3, 0.4) is 0 Å². The Morgan fingerprint density at radius 3 is 2.46 bits per heavy atom. The van der Waals surface area contributed by atoms with E-state index in [-0.39, 0.29) is 0 Å². The molecule has 0 fully saturated rings. The van der Waals surface area contributed by atoms with Crippen LogP contribution in [-0.2, 0) is 9.53 Å². The normalized spacial score (nSPS) is 12.2. The minimum absolute atomic E-state index is 0.365. The Morgan fingerprint density at radius 1 is 1.00 bits per heavy atom. The van der Waals surface area contributed by atoms with Gasteiger partial charge < -0.3 is 10.1 Å². The van der Waals surface area contributed by atoms with Crippen LogP contribution in [0.15, 0.2) is 48.5 Å². The first kappa shape index (κ1) is 18.5. The average Bonchev–Trinajstić information content (AvgIpc) is 3.22. The van der Waals surface area contributed by atoms with E-state index >= 15 is 0 Å². The maximum absolute atomic E-state index is 13.7. The zero-order valence-electron chi connectivity index (χ0n) is 14.5. The summed E-state index contributed by atoms with van der Waals surface area (Å²) in [4.78, 5) is 24.9. The van der Waals surface area contributed by atoms with Crippen molar-refractivity contribution in [2.75, 3.05) is 5.32 Å². The van der Waals surface area contributed by atoms with E-state index in [9.17, 15) is 18.4 Å². The molecule has 0 aliphatic rings. The molecule has 0 saturated heterocycles. The van der Waals surface area contributed by atoms with E-state index in [4.69, 9.17) is 4.74 Å². The van der Waals surface area contributed by atoms with E-state index < -0.39 is 35.3 Å². The van der Waals surface area contributed by atoms with Gasteiger partial charge in [-0.05, 0) is 31.2 Å². The number of hydrogen-bond donors (Lipinski definition) is 1. The second-order valence-corrected chi connectivity index (χ2v) is 8.17. The largest absolute Gasteiger partial charge is 0.448 e. The standard InChI is InChI=1S/C20H13F2NO3S2/c1-10(19(24)23-17-12(21)6-4-7-13(17)22)26-20(25)16-9-15-18(28-16)11-5-2-3-8-14(11)27-15/h2-10H,1H3,(H,23,24). The van der Waals surface area contributed by atoms with Crippen molar-refractivity contribution in [3.63, 3.8) is 0 Å². The highest BCUT2D eigenvalue weighted by atomic mass is 32.1. The lowest BCUT2D eigenvalue weighted by Crippen LogP contribution is -2.30. The van der Waals surface area contributed by atoms with E-state index in [1.54, 1.807) is 17.4 Å². The van der Waals surface area contributed by atoms with Gasteiger partial charge in [-0.1, -0.05) is 24.3 Å². The van der Waals surface area contributed by atoms with Gasteiger partial charge in [-0.3, -0.25) is 4.79 Å². The van der Waals surface area contributed by atoms with Gasteiger partial charge in [0, 0.05) is 14.8 Å². The van der Waals surface area contributed by atoms with Crippen molar-refractivity contribution < 1.29 is 23.1 Å². The summed E-state index contributed by atoms with van der Waals surface area (Å²) in [5, 5.41) is 3.18. The van der Waals surface area contributed by atoms with Crippen molar-refractivity contribution in [2.24, 2.45) is 0 Å². The Labute approximate surface area is 166 Å². The number of amides is 1. The number of anilines is 1. The van der Waals surface area contributed by atoms with Crippen molar-refractivity contribution >= 4 is 59.7 Å². The summed E-state index contributed by atoms with van der Waals surface area (Å²) < 4.78 is 35.6. The van der Waals surface area contributed by atoms with Crippen molar-refractivity contribution in [3.05, 3.63) is 65.0 Å². The number of benzene rings is 2. The second-order valence-electron chi connectivity index (χ2n) is 6.04. The summed E-state index contributed by atoms with van der Waals surface area (Å²) >= 11 is 2.86. The summed E-state index contributed by atoms with van der Waals surface area (Å²) in [6, 6.07) is 12.9. The van der Waals surface area contributed by atoms with Crippen LogP contribution in [0.2, 0.25) is 0 Å². The Kier molecular flexibility index (Phi) is 4.82. The van der Waals surface area contributed by atoms with Gasteiger partial charge in [0.1, 0.15) is 22.2 Å². The van der Waals surface area contributed by atoms with Crippen molar-refractivity contribution in [2.45, 2.75) is 13.0 Å². The molecule has 2 heterocycles. The summed E-state index contributed by atoms with van der Waals surface area (Å²) in [6.45, 7) is 1.34. The SMILES string of the molecule is CC(OC(=O)c1cc2sc3ccccc3c2s1)C(=O)Nc1c(F)cccc1F. The molecular weight excluding hydrogens is 404 g/mol. The number of hydrogen-bond acceptors (Lipinski definition) is 5. The molecule has 1 amide bonds. The van der Waals surface area contributed by atoms with E-state index in [1.807, 2.05) is 24.3 Å². The van der Waals surface area contributed by atoms with Crippen molar-refractivity contribution in [1.82, 2.24) is 0 Å². The van der Waals surface area contributed by atoms with Crippen LogP contribution in [0.25, 0.3) is 19.5 Å². The number of carbonyl (C=O) groups is 2. The first-order valence-electron chi connectivity index (χ1n) is 8.31. The van der Waals surface area contributed by atoms with E-state index in [1.165, 1.54) is 24.3 Å². The smallest absolute Gasteiger partial charge is 0.349 e. The molecule has 0 radical (unpaired) electrons. The highest BCUT2D eigenvalue weighted by Gasteiger charge is 2.23. The van der Waals surface area contributed by atoms with Crippen LogP contribution in [0.1, 0.15) is 16.6 Å². The summed E-state index contributed by atoms with van der Waals surface area (Å²) in [5.41, 5.74) is -0.571. The fourth-order valence-corrected chi connectivity index (χ4v) is 5.12. The minimum Gasteiger partial charge on any atom is -0.448 e. The van der Waals surface area contributed by atoms with Gasteiger partial charge in [0.25, 0.3) is 5.91 Å². The number of nitrogens with one attached hydrogen (secondary N) is 1. The van der Waals surface area contributed by atoms with Crippen LogP contribution in [-0.4, -0.2) is 18.0 Å². The highest BCUT2D eigenvalue weighted by Crippen LogP contribution is 2.39. The van der Waals surface area contributed by atoms with Crippen LogP contribution in [0.5, 0.6) is 0 Å². The highest BCUT2D eigenvalue weighted by molar-refractivity contribution is 7.33. The average molecular weight is 417 g/mol. The number of fused-ring (bicyclic) bond motifs is 3. The topological polar surface area (TPSA) is 55.4 Å². The van der Waals surface area contributed by atoms with Gasteiger partial charge in [-0.2, -0.15) is 0 Å². The van der Waals surface area contributed by atoms with Gasteiger partial charge >= 0.3 is 5.97 Å². The third kappa shape index (κ3) is 3.36. The van der Waals surface area contributed by atoms with Crippen LogP contribution < -0.4 is 5.32 Å². The van der Waals surface area contributed by atoms with Crippen LogP contribution >= 0.6 is 22.7 Å². The molecule has 28 heavy (non-hydrogen) atoms. The Bertz CT molecular complexity index is 1190. The Morgan fingerprint density at radius 2 is 1.71 bits per heavy atom. The van der Waals surface area contributed by atoms with Gasteiger partial charge in [0.2, 0.25) is 0 Å². The predicted octanol–water partition coefficient (Wildman–Crippen LogP) is 5.58. The third-order valence-electron chi connectivity index (χ3n) is 4.11. The lowest BCUT2D eigenvalue weighted by atomic mass is 10.2. The third-order valence-corrected chi connectivity index (χ3v) is 6.51. The van der Waals surface area contributed by atoms with Crippen molar-refractivity contribution in [3.8, 4) is 0 Å². The quantitative estimate of drug-likeness (QED) is 0.441. The van der Waals surface area contributed by atoms with E-state index in [0.29, 0.717) is 4.88 Å². The molecule has 2 aromatic carbocycles. The first-order valence-corrected chi connectivity index (χ1v) is 9.94. The molecule has 0 saturated carbocycles. The molecular formula is C20H13F2NO3S2. The van der Waals surface area contributed by atoms with Crippen molar-refractivity contribution in [1.29, 1.82) is 0 Å². The summed E-state index contributed by atoms with van der Waals surface area (Å²) in [5.74, 6) is -3.29. The minimum atomic E-state index is -1.22. The molecule has 8 heteroatoms. The molecule has 1 atom stereocenters. The zero-order chi connectivity index (χ0) is 19.8. The number of thiophene rings is 2. The number of para-hydroxylation sites is 1. The summed E-state index contributed by atoms with van der Waals surface area (Å²) in [6.07, 6.45) is -1.22. The molecule has 0 aliphatic heterocycles. The van der Waals surface area contributed by atoms with Gasteiger partial charge in [0.15, 0.2) is 6.10 Å². The Hall–Kier alpha value is -2.84. The second kappa shape index (κ2) is 7.29. The van der Waals surface area contributed by atoms with Crippen LogP contribution in [0, 0.1) is 11.6 Å². The number of ether oxygens (including phenoxy) is 1. The van der Waals surface area contributed by atoms with Gasteiger partial charge in [-0.15, -0.1) is 22.7 Å². The number of carbonyl (C=O) groups excluding carboxylic acids is 2. The number of esters is 1. The first-order chi connectivity index (χ1) is 13.4. The molecule has 4 nitrogen and oxygen atoms in total. The van der Waals surface area contributed by atoms with Gasteiger partial charge in [-0.25, -0.2) is 13.6 Å². The number of rotatable bonds is 4. The van der Waals surface area contributed by atoms with Gasteiger partial charge in [0.05, 0.1) is 4.70 Å². The maximum Gasteiger partial charge on any atom is 0.349 e. The monoisotopic (exact) mass is 417 g/mol. The Balaban J connectivity index is 1.49. The molecule has 4 rings (SSSR count). The summed E-state index contributed by atoms with van der Waals surface area (Å²) in [7, 11) is 0. The zero-order valence-corrected chi connectivity index (χ0v) is 16.1. The molecule has 4 aromatic rings. The lowest BCUT2D eigenvalue weighted by Gasteiger charge is -2.13. The molecule has 2 aromatic heterocycles. The molecule has 0 spiro atoms. The lowest BCUT2D eigenvalue weighted by molar-refractivity contribution is -0.123. The van der Waals surface area contributed by atoms with E-state index in [2.05, 4.69) is 5.32 Å². The fourth-order valence-electron chi connectivity index (χ4n) is 2.71. The molecule has 1 N–H and O–H groups in total. The fraction of sp³-hybridized carbons (Fsp3) is 0.100. The molecule has 0 aliphatic carbocycles. The van der Waals surface area contributed by atoms with E-state index in [0.717, 1.165) is 31.6 Å². The predicted molar refractivity (Wildman–Crippen MR) is 107 cm³/mol. The maximum atomic E-state index is 13.7.